The van der Waals surface area contributed by atoms with Gasteiger partial charge in [0.25, 0.3) is 0 Å². The lowest BCUT2D eigenvalue weighted by Crippen LogP contribution is -2.48. The molecule has 6 nitrogen and oxygen atoms in total. The number of carbonyl (C=O) groups is 2. The summed E-state index contributed by atoms with van der Waals surface area (Å²) in [5.41, 5.74) is 0. The van der Waals surface area contributed by atoms with E-state index < -0.39 is 0 Å². The second kappa shape index (κ2) is 10.9. The van der Waals surface area contributed by atoms with E-state index in [-0.39, 0.29) is 30.3 Å². The van der Waals surface area contributed by atoms with Crippen molar-refractivity contribution >= 4 is 24.2 Å². The van der Waals surface area contributed by atoms with Crippen LogP contribution in [0.4, 0.5) is 0 Å². The van der Waals surface area contributed by atoms with Crippen LogP contribution in [0.5, 0.6) is 0 Å². The van der Waals surface area contributed by atoms with E-state index in [1.807, 2.05) is 6.92 Å². The van der Waals surface area contributed by atoms with Crippen molar-refractivity contribution in [3.05, 3.63) is 0 Å². The Hall–Kier alpha value is -0.850. The average molecular weight is 308 g/mol. The van der Waals surface area contributed by atoms with Crippen LogP contribution in [-0.2, 0) is 14.3 Å². The molecule has 1 saturated heterocycles. The van der Waals surface area contributed by atoms with E-state index in [9.17, 15) is 9.59 Å². The van der Waals surface area contributed by atoms with E-state index in [0.29, 0.717) is 39.1 Å². The van der Waals surface area contributed by atoms with E-state index in [1.165, 1.54) is 0 Å². The van der Waals surface area contributed by atoms with Crippen molar-refractivity contribution in [1.82, 2.24) is 15.5 Å². The first-order chi connectivity index (χ1) is 9.20. The first kappa shape index (κ1) is 19.1. The molecule has 1 atom stereocenters. The van der Waals surface area contributed by atoms with Gasteiger partial charge in [-0.2, -0.15) is 0 Å². The van der Waals surface area contributed by atoms with Crippen molar-refractivity contribution in [3.63, 3.8) is 0 Å². The molecule has 1 unspecified atom stereocenters. The Kier molecular flexibility index (Phi) is 10.4. The largest absolute Gasteiger partial charge is 0.383 e. The van der Waals surface area contributed by atoms with Crippen molar-refractivity contribution in [2.45, 2.75) is 32.2 Å². The zero-order chi connectivity index (χ0) is 14.1. The molecule has 7 heteroatoms. The molecule has 1 fully saturated rings. The molecule has 20 heavy (non-hydrogen) atoms. The fourth-order valence-corrected chi connectivity index (χ4v) is 2.24. The van der Waals surface area contributed by atoms with E-state index in [0.717, 1.165) is 13.0 Å². The number of carbonyl (C=O) groups excluding carboxylic acids is 2. The Morgan fingerprint density at radius 3 is 2.70 bits per heavy atom. The highest BCUT2D eigenvalue weighted by molar-refractivity contribution is 5.88. The monoisotopic (exact) mass is 307 g/mol. The molecule has 1 aliphatic heterocycles. The first-order valence-corrected chi connectivity index (χ1v) is 6.97. The number of rotatable bonds is 9. The molecule has 0 spiro atoms. The molecule has 2 amide bonds. The maximum atomic E-state index is 12.0. The third kappa shape index (κ3) is 6.07. The highest BCUT2D eigenvalue weighted by atomic mass is 35.5. The van der Waals surface area contributed by atoms with Crippen molar-refractivity contribution in [1.29, 1.82) is 0 Å². The van der Waals surface area contributed by atoms with Gasteiger partial charge in [0.15, 0.2) is 0 Å². The third-order valence-electron chi connectivity index (χ3n) is 3.26. The molecular formula is C13H26ClN3O3. The molecule has 118 valence electrons. The summed E-state index contributed by atoms with van der Waals surface area (Å²) in [4.78, 5) is 25.4. The summed E-state index contributed by atoms with van der Waals surface area (Å²) in [5, 5.41) is 6.03. The summed E-state index contributed by atoms with van der Waals surface area (Å²) in [6, 6.07) is -0.311. The summed E-state index contributed by atoms with van der Waals surface area (Å²) in [7, 11) is 1.66. The van der Waals surface area contributed by atoms with Crippen LogP contribution in [0.15, 0.2) is 0 Å². The van der Waals surface area contributed by atoms with Crippen molar-refractivity contribution in [2.75, 3.05) is 39.9 Å². The number of amides is 2. The van der Waals surface area contributed by atoms with Gasteiger partial charge in [-0.1, -0.05) is 6.92 Å². The lowest BCUT2D eigenvalue weighted by molar-refractivity contribution is -0.137. The Morgan fingerprint density at radius 2 is 2.15 bits per heavy atom. The number of methoxy groups -OCH3 is 1. The second-order valence-electron chi connectivity index (χ2n) is 4.65. The van der Waals surface area contributed by atoms with Gasteiger partial charge in [0, 0.05) is 39.7 Å². The van der Waals surface area contributed by atoms with Crippen LogP contribution in [-0.4, -0.2) is 62.7 Å². The molecule has 1 rings (SSSR count). The topological polar surface area (TPSA) is 70.7 Å². The van der Waals surface area contributed by atoms with Crippen LogP contribution >= 0.6 is 12.4 Å². The summed E-state index contributed by atoms with van der Waals surface area (Å²) >= 11 is 0. The second-order valence-corrected chi connectivity index (χ2v) is 4.65. The van der Waals surface area contributed by atoms with Gasteiger partial charge in [0.1, 0.15) is 6.04 Å². The molecule has 0 saturated carbocycles. The third-order valence-corrected chi connectivity index (χ3v) is 3.26. The van der Waals surface area contributed by atoms with Gasteiger partial charge in [0.2, 0.25) is 11.8 Å². The predicted octanol–water partition coefficient (Wildman–Crippen LogP) is 0.161. The van der Waals surface area contributed by atoms with Crippen LogP contribution in [0.25, 0.3) is 0 Å². The number of hydrogen-bond acceptors (Lipinski definition) is 4. The van der Waals surface area contributed by atoms with Crippen molar-refractivity contribution < 1.29 is 14.3 Å². The van der Waals surface area contributed by atoms with Gasteiger partial charge in [-0.05, 0) is 12.8 Å². The highest BCUT2D eigenvalue weighted by Gasteiger charge is 2.31. The van der Waals surface area contributed by atoms with Crippen LogP contribution < -0.4 is 10.6 Å². The molecule has 0 aromatic carbocycles. The molecule has 1 aliphatic rings. The summed E-state index contributed by atoms with van der Waals surface area (Å²) in [6.07, 6.45) is 2.10. The van der Waals surface area contributed by atoms with Gasteiger partial charge in [-0.25, -0.2) is 0 Å². The van der Waals surface area contributed by atoms with Gasteiger partial charge in [-0.15, -0.1) is 12.4 Å². The average Bonchev–Trinajstić information content (AvgIpc) is 2.81. The number of halogens is 1. The van der Waals surface area contributed by atoms with E-state index in [4.69, 9.17) is 4.74 Å². The minimum absolute atomic E-state index is 0. The highest BCUT2D eigenvalue weighted by Crippen LogP contribution is 2.15. The van der Waals surface area contributed by atoms with E-state index in [1.54, 1.807) is 12.0 Å². The van der Waals surface area contributed by atoms with E-state index in [2.05, 4.69) is 10.6 Å². The fraction of sp³-hybridized carbons (Fsp3) is 0.846. The lowest BCUT2D eigenvalue weighted by atomic mass is 10.2. The van der Waals surface area contributed by atoms with Crippen molar-refractivity contribution in [3.8, 4) is 0 Å². The molecule has 0 aliphatic carbocycles. The summed E-state index contributed by atoms with van der Waals surface area (Å²) < 4.78 is 4.91. The molecule has 0 radical (unpaired) electrons. The van der Waals surface area contributed by atoms with Crippen LogP contribution in [0.2, 0.25) is 0 Å². The fourth-order valence-electron chi connectivity index (χ4n) is 2.24. The molecule has 2 N–H and O–H groups in total. The van der Waals surface area contributed by atoms with Gasteiger partial charge in [0.05, 0.1) is 6.61 Å². The Bertz CT molecular complexity index is 303. The standard InChI is InChI=1S/C13H25N3O3.ClH/c1-3-11(16-9-4-5-12(16)17)13(18)15-7-6-14-8-10-19-2;/h11,14H,3-10H2,1-2H3,(H,15,18);1H. The number of likely N-dealkylation sites (tertiary alicyclic amines) is 1. The maximum Gasteiger partial charge on any atom is 0.242 e. The van der Waals surface area contributed by atoms with Crippen LogP contribution in [0, 0.1) is 0 Å². The van der Waals surface area contributed by atoms with Gasteiger partial charge >= 0.3 is 0 Å². The minimum Gasteiger partial charge on any atom is -0.383 e. The quantitative estimate of drug-likeness (QED) is 0.595. The Balaban J connectivity index is 0.00000361. The molecule has 0 bridgehead atoms. The summed E-state index contributed by atoms with van der Waals surface area (Å²) in [6.45, 7) is 5.35. The summed E-state index contributed by atoms with van der Waals surface area (Å²) in [5.74, 6) is 0.0477. The van der Waals surface area contributed by atoms with Gasteiger partial charge in [-0.3, -0.25) is 9.59 Å². The Labute approximate surface area is 127 Å². The van der Waals surface area contributed by atoms with E-state index >= 15 is 0 Å². The zero-order valence-corrected chi connectivity index (χ0v) is 13.1. The van der Waals surface area contributed by atoms with Crippen LogP contribution in [0.3, 0.4) is 0 Å². The minimum atomic E-state index is -0.311. The smallest absolute Gasteiger partial charge is 0.242 e. The predicted molar refractivity (Wildman–Crippen MR) is 80.0 cm³/mol. The number of ether oxygens (including phenoxy) is 1. The molecule has 1 heterocycles. The molecule has 0 aromatic heterocycles. The zero-order valence-electron chi connectivity index (χ0n) is 12.3. The normalized spacial score (nSPS) is 15.9. The first-order valence-electron chi connectivity index (χ1n) is 6.97. The molecule has 0 aromatic rings. The maximum absolute atomic E-state index is 12.0. The van der Waals surface area contributed by atoms with Crippen LogP contribution in [0.1, 0.15) is 26.2 Å². The Morgan fingerprint density at radius 1 is 1.40 bits per heavy atom. The van der Waals surface area contributed by atoms with Gasteiger partial charge < -0.3 is 20.3 Å². The number of nitrogens with one attached hydrogen (secondary N) is 2. The van der Waals surface area contributed by atoms with Crippen molar-refractivity contribution in [2.24, 2.45) is 0 Å². The SMILES string of the molecule is CCC(C(=O)NCCNCCOC)N1CCCC1=O.Cl. The number of hydrogen-bond donors (Lipinski definition) is 2. The number of nitrogens with zero attached hydrogens (tertiary/aromatic N) is 1. The molecular weight excluding hydrogens is 282 g/mol. The lowest BCUT2D eigenvalue weighted by Gasteiger charge is -2.25.